The molecule has 0 aromatic heterocycles. The topological polar surface area (TPSA) is 24.5 Å². The fourth-order valence-corrected chi connectivity index (χ4v) is 3.05. The minimum atomic E-state index is 0.238. The molecule has 20 heavy (non-hydrogen) atoms. The fraction of sp³-hybridized carbons (Fsp3) is 0.647. The summed E-state index contributed by atoms with van der Waals surface area (Å²) >= 11 is 0. The van der Waals surface area contributed by atoms with E-state index in [1.807, 2.05) is 0 Å². The van der Waals surface area contributed by atoms with Crippen LogP contribution in [0.3, 0.4) is 0 Å². The van der Waals surface area contributed by atoms with Crippen molar-refractivity contribution >= 4 is 0 Å². The fourth-order valence-electron chi connectivity index (χ4n) is 3.05. The first-order valence-corrected chi connectivity index (χ1v) is 7.73. The molecule has 3 heteroatoms. The molecular weight excluding hydrogens is 248 g/mol. The van der Waals surface area contributed by atoms with Crippen LogP contribution in [-0.2, 0) is 4.74 Å². The lowest BCUT2D eigenvalue weighted by Crippen LogP contribution is -2.47. The summed E-state index contributed by atoms with van der Waals surface area (Å²) in [4.78, 5) is 2.43. The first-order chi connectivity index (χ1) is 9.63. The highest BCUT2D eigenvalue weighted by Crippen LogP contribution is 2.30. The van der Waals surface area contributed by atoms with Crippen LogP contribution in [-0.4, -0.2) is 44.3 Å². The van der Waals surface area contributed by atoms with Gasteiger partial charge in [0.1, 0.15) is 0 Å². The second kappa shape index (κ2) is 7.21. The highest BCUT2D eigenvalue weighted by atomic mass is 16.5. The molecule has 1 N–H and O–H groups in total. The van der Waals surface area contributed by atoms with Gasteiger partial charge in [-0.15, -0.1) is 0 Å². The van der Waals surface area contributed by atoms with Gasteiger partial charge in [-0.3, -0.25) is 4.90 Å². The van der Waals surface area contributed by atoms with Crippen LogP contribution in [0.1, 0.15) is 36.1 Å². The Labute approximate surface area is 123 Å². The van der Waals surface area contributed by atoms with Gasteiger partial charge in [0.25, 0.3) is 0 Å². The number of ether oxygens (including phenoxy) is 1. The van der Waals surface area contributed by atoms with Crippen molar-refractivity contribution in [2.24, 2.45) is 0 Å². The lowest BCUT2D eigenvalue weighted by atomic mass is 9.93. The van der Waals surface area contributed by atoms with E-state index in [1.165, 1.54) is 16.7 Å². The molecule has 2 unspecified atom stereocenters. The summed E-state index contributed by atoms with van der Waals surface area (Å²) in [6.45, 7) is 10.4. The van der Waals surface area contributed by atoms with Crippen molar-refractivity contribution in [2.75, 3.05) is 33.3 Å². The number of nitrogens with one attached hydrogen (secondary N) is 1. The van der Waals surface area contributed by atoms with E-state index in [-0.39, 0.29) is 6.10 Å². The van der Waals surface area contributed by atoms with Crippen molar-refractivity contribution < 1.29 is 4.74 Å². The molecule has 3 nitrogen and oxygen atoms in total. The summed E-state index contributed by atoms with van der Waals surface area (Å²) in [5.74, 6) is 0. The summed E-state index contributed by atoms with van der Waals surface area (Å²) in [5.41, 5.74) is 4.10. The summed E-state index contributed by atoms with van der Waals surface area (Å²) in [6.07, 6.45) is 1.40. The zero-order chi connectivity index (χ0) is 14.5. The standard InChI is InChI=1S/C17H28N2O/c1-5-8-18-12-16-17(19(4)9-10-20-16)15-7-6-13(2)11-14(15)3/h6-7,11,16-18H,5,8-10,12H2,1-4H3. The maximum atomic E-state index is 6.04. The maximum absolute atomic E-state index is 6.04. The first kappa shape index (κ1) is 15.5. The van der Waals surface area contributed by atoms with E-state index in [9.17, 15) is 0 Å². The second-order valence-electron chi connectivity index (χ2n) is 5.90. The molecule has 2 rings (SSSR count). The lowest BCUT2D eigenvalue weighted by molar-refractivity contribution is -0.0614. The number of hydrogen-bond acceptors (Lipinski definition) is 3. The molecule has 0 saturated carbocycles. The highest BCUT2D eigenvalue weighted by Gasteiger charge is 2.31. The van der Waals surface area contributed by atoms with Crippen LogP contribution in [0.5, 0.6) is 0 Å². The van der Waals surface area contributed by atoms with E-state index >= 15 is 0 Å². The van der Waals surface area contributed by atoms with E-state index in [0.717, 1.165) is 32.7 Å². The van der Waals surface area contributed by atoms with Crippen molar-refractivity contribution in [3.05, 3.63) is 34.9 Å². The Balaban J connectivity index is 2.18. The zero-order valence-corrected chi connectivity index (χ0v) is 13.3. The third-order valence-electron chi connectivity index (χ3n) is 4.12. The summed E-state index contributed by atoms with van der Waals surface area (Å²) in [5, 5.41) is 3.50. The maximum Gasteiger partial charge on any atom is 0.0896 e. The van der Waals surface area contributed by atoms with Gasteiger partial charge >= 0.3 is 0 Å². The van der Waals surface area contributed by atoms with Crippen LogP contribution in [0.4, 0.5) is 0 Å². The number of likely N-dealkylation sites (N-methyl/N-ethyl adjacent to an activating group) is 1. The molecule has 112 valence electrons. The summed E-state index contributed by atoms with van der Waals surface area (Å²) in [7, 11) is 2.21. The van der Waals surface area contributed by atoms with Crippen LogP contribution < -0.4 is 5.32 Å². The third-order valence-corrected chi connectivity index (χ3v) is 4.12. The van der Waals surface area contributed by atoms with Gasteiger partial charge in [-0.25, -0.2) is 0 Å². The molecule has 0 aliphatic carbocycles. The van der Waals surface area contributed by atoms with Gasteiger partial charge < -0.3 is 10.1 Å². The molecular formula is C17H28N2O. The second-order valence-corrected chi connectivity index (χ2v) is 5.90. The van der Waals surface area contributed by atoms with Gasteiger partial charge in [-0.2, -0.15) is 0 Å². The predicted octanol–water partition coefficient (Wildman–Crippen LogP) is 2.67. The summed E-state index contributed by atoms with van der Waals surface area (Å²) in [6, 6.07) is 7.11. The van der Waals surface area contributed by atoms with Crippen LogP contribution in [0.15, 0.2) is 18.2 Å². The SMILES string of the molecule is CCCNCC1OCCN(C)C1c1ccc(C)cc1C. The molecule has 0 radical (unpaired) electrons. The minimum absolute atomic E-state index is 0.238. The zero-order valence-electron chi connectivity index (χ0n) is 13.3. The highest BCUT2D eigenvalue weighted by molar-refractivity contribution is 5.33. The Kier molecular flexibility index (Phi) is 5.58. The molecule has 1 saturated heterocycles. The third kappa shape index (κ3) is 3.60. The Morgan fingerprint density at radius 1 is 1.35 bits per heavy atom. The lowest BCUT2D eigenvalue weighted by Gasteiger charge is -2.40. The van der Waals surface area contributed by atoms with E-state index in [1.54, 1.807) is 0 Å². The molecule has 1 aliphatic heterocycles. The van der Waals surface area contributed by atoms with Crippen molar-refractivity contribution in [1.29, 1.82) is 0 Å². The average Bonchev–Trinajstić information content (AvgIpc) is 2.41. The van der Waals surface area contributed by atoms with Crippen LogP contribution in [0.25, 0.3) is 0 Å². The monoisotopic (exact) mass is 276 g/mol. The number of rotatable bonds is 5. The number of nitrogens with zero attached hydrogens (tertiary/aromatic N) is 1. The number of aryl methyl sites for hydroxylation is 2. The van der Waals surface area contributed by atoms with Gasteiger partial charge in [0.05, 0.1) is 18.8 Å². The number of morpholine rings is 1. The van der Waals surface area contributed by atoms with Crippen molar-refractivity contribution in [1.82, 2.24) is 10.2 Å². The van der Waals surface area contributed by atoms with Gasteiger partial charge in [0.2, 0.25) is 0 Å². The molecule has 1 aliphatic rings. The number of benzene rings is 1. The van der Waals surface area contributed by atoms with Gasteiger partial charge in [-0.05, 0) is 45.0 Å². The molecule has 1 fully saturated rings. The molecule has 1 heterocycles. The largest absolute Gasteiger partial charge is 0.374 e. The Hall–Kier alpha value is -0.900. The Morgan fingerprint density at radius 2 is 2.15 bits per heavy atom. The van der Waals surface area contributed by atoms with Crippen molar-refractivity contribution in [3.63, 3.8) is 0 Å². The van der Waals surface area contributed by atoms with Crippen molar-refractivity contribution in [3.8, 4) is 0 Å². The van der Waals surface area contributed by atoms with Crippen molar-refractivity contribution in [2.45, 2.75) is 39.3 Å². The molecule has 0 bridgehead atoms. The van der Waals surface area contributed by atoms with E-state index in [2.05, 4.69) is 56.2 Å². The molecule has 0 spiro atoms. The average molecular weight is 276 g/mol. The van der Waals surface area contributed by atoms with Gasteiger partial charge in [-0.1, -0.05) is 30.7 Å². The van der Waals surface area contributed by atoms with E-state index in [4.69, 9.17) is 4.74 Å². The molecule has 0 amide bonds. The van der Waals surface area contributed by atoms with Crippen LogP contribution >= 0.6 is 0 Å². The minimum Gasteiger partial charge on any atom is -0.374 e. The van der Waals surface area contributed by atoms with Crippen LogP contribution in [0, 0.1) is 13.8 Å². The molecule has 1 aromatic carbocycles. The smallest absolute Gasteiger partial charge is 0.0896 e. The predicted molar refractivity (Wildman–Crippen MR) is 84.2 cm³/mol. The van der Waals surface area contributed by atoms with Crippen LogP contribution in [0.2, 0.25) is 0 Å². The first-order valence-electron chi connectivity index (χ1n) is 7.73. The van der Waals surface area contributed by atoms with E-state index in [0.29, 0.717) is 6.04 Å². The summed E-state index contributed by atoms with van der Waals surface area (Å²) < 4.78 is 6.04. The van der Waals surface area contributed by atoms with Gasteiger partial charge in [0, 0.05) is 13.1 Å². The van der Waals surface area contributed by atoms with Gasteiger partial charge in [0.15, 0.2) is 0 Å². The Morgan fingerprint density at radius 3 is 2.85 bits per heavy atom. The Bertz CT molecular complexity index is 433. The molecule has 1 aromatic rings. The quantitative estimate of drug-likeness (QED) is 0.837. The van der Waals surface area contributed by atoms with E-state index < -0.39 is 0 Å². The normalized spacial score (nSPS) is 24.0. The number of hydrogen-bond donors (Lipinski definition) is 1. The molecule has 2 atom stereocenters.